The van der Waals surface area contributed by atoms with E-state index in [9.17, 15) is 0 Å². The van der Waals surface area contributed by atoms with Gasteiger partial charge in [0.2, 0.25) is 0 Å². The van der Waals surface area contributed by atoms with Crippen LogP contribution in [0.2, 0.25) is 0 Å². The maximum atomic E-state index is 3.82. The number of hydrogen-bond donors (Lipinski definition) is 0. The van der Waals surface area contributed by atoms with Gasteiger partial charge in [-0.1, -0.05) is 63.7 Å². The standard InChI is InChI=1S/C10H16Br4/c1-9(13)4-3-7(5-8(9)12)10(2,14)6-11/h7-8H,3-6H2,1-2H3. The monoisotopic (exact) mass is 452 g/mol. The van der Waals surface area contributed by atoms with E-state index in [-0.39, 0.29) is 8.65 Å². The third-order valence-corrected chi connectivity index (χ3v) is 9.03. The lowest BCUT2D eigenvalue weighted by atomic mass is 9.77. The van der Waals surface area contributed by atoms with Gasteiger partial charge >= 0.3 is 0 Å². The summed E-state index contributed by atoms with van der Waals surface area (Å²) in [5.41, 5.74) is 0. The maximum Gasteiger partial charge on any atom is 0.0355 e. The third-order valence-electron chi connectivity index (χ3n) is 3.24. The molecule has 1 aliphatic carbocycles. The first-order valence-corrected chi connectivity index (χ1v) is 8.50. The molecule has 0 N–H and O–H groups in total. The molecule has 0 aromatic rings. The lowest BCUT2D eigenvalue weighted by molar-refractivity contribution is 0.292. The van der Waals surface area contributed by atoms with Crippen LogP contribution in [0.4, 0.5) is 0 Å². The lowest BCUT2D eigenvalue weighted by Gasteiger charge is -2.42. The van der Waals surface area contributed by atoms with Gasteiger partial charge in [0.15, 0.2) is 0 Å². The molecule has 0 aromatic heterocycles. The molecular formula is C10H16Br4. The minimum absolute atomic E-state index is 0.239. The van der Waals surface area contributed by atoms with E-state index in [0.717, 1.165) is 11.2 Å². The Morgan fingerprint density at radius 3 is 2.50 bits per heavy atom. The highest BCUT2D eigenvalue weighted by molar-refractivity contribution is 9.13. The zero-order chi connectivity index (χ0) is 11.0. The molecule has 0 radical (unpaired) electrons. The molecule has 0 aromatic carbocycles. The van der Waals surface area contributed by atoms with E-state index in [1.807, 2.05) is 0 Å². The van der Waals surface area contributed by atoms with E-state index in [1.54, 1.807) is 0 Å². The summed E-state index contributed by atoms with van der Waals surface area (Å²) in [7, 11) is 0. The smallest absolute Gasteiger partial charge is 0.0355 e. The first kappa shape index (κ1) is 14.0. The molecule has 4 unspecified atom stereocenters. The van der Waals surface area contributed by atoms with E-state index in [1.165, 1.54) is 19.3 Å². The van der Waals surface area contributed by atoms with Crippen molar-refractivity contribution in [3.63, 3.8) is 0 Å². The van der Waals surface area contributed by atoms with Crippen molar-refractivity contribution in [1.82, 2.24) is 0 Å². The van der Waals surface area contributed by atoms with Gasteiger partial charge < -0.3 is 0 Å². The molecule has 0 aliphatic heterocycles. The second-order valence-corrected chi connectivity index (χ2v) is 9.92. The van der Waals surface area contributed by atoms with E-state index in [0.29, 0.717) is 4.83 Å². The van der Waals surface area contributed by atoms with Crippen LogP contribution in [0.5, 0.6) is 0 Å². The molecule has 84 valence electrons. The number of halogens is 4. The maximum absolute atomic E-state index is 3.82. The average molecular weight is 456 g/mol. The van der Waals surface area contributed by atoms with Crippen LogP contribution in [0, 0.1) is 5.92 Å². The molecule has 0 nitrogen and oxygen atoms in total. The molecule has 0 amide bonds. The van der Waals surface area contributed by atoms with E-state index >= 15 is 0 Å². The molecule has 1 rings (SSSR count). The fourth-order valence-electron chi connectivity index (χ4n) is 1.88. The molecular weight excluding hydrogens is 440 g/mol. The fourth-order valence-corrected chi connectivity index (χ4v) is 3.85. The van der Waals surface area contributed by atoms with Crippen molar-refractivity contribution in [3.8, 4) is 0 Å². The summed E-state index contributed by atoms with van der Waals surface area (Å²) >= 11 is 15.0. The highest BCUT2D eigenvalue weighted by Gasteiger charge is 2.42. The highest BCUT2D eigenvalue weighted by atomic mass is 79.9. The molecule has 0 spiro atoms. The second kappa shape index (κ2) is 5.05. The van der Waals surface area contributed by atoms with Gasteiger partial charge in [0.1, 0.15) is 0 Å². The van der Waals surface area contributed by atoms with Crippen LogP contribution in [0.15, 0.2) is 0 Å². The van der Waals surface area contributed by atoms with Crippen LogP contribution in [-0.4, -0.2) is 18.8 Å². The van der Waals surface area contributed by atoms with Crippen LogP contribution in [0.3, 0.4) is 0 Å². The Hall–Kier alpha value is 1.92. The number of hydrogen-bond acceptors (Lipinski definition) is 0. The molecule has 1 aliphatic rings. The van der Waals surface area contributed by atoms with Crippen molar-refractivity contribution < 1.29 is 0 Å². The molecule has 4 heteroatoms. The van der Waals surface area contributed by atoms with E-state index in [4.69, 9.17) is 0 Å². The number of rotatable bonds is 2. The fraction of sp³-hybridized carbons (Fsp3) is 1.00. The zero-order valence-corrected chi connectivity index (χ0v) is 14.8. The van der Waals surface area contributed by atoms with Gasteiger partial charge in [-0.05, 0) is 39.0 Å². The van der Waals surface area contributed by atoms with Crippen molar-refractivity contribution in [2.45, 2.75) is 46.6 Å². The lowest BCUT2D eigenvalue weighted by Crippen LogP contribution is -2.42. The largest absolute Gasteiger partial charge is 0.0913 e. The van der Waals surface area contributed by atoms with Crippen molar-refractivity contribution >= 4 is 63.7 Å². The first-order chi connectivity index (χ1) is 6.29. The SMILES string of the molecule is CC1(Br)CCC(C(C)(Br)CBr)CC1Br. The molecule has 0 saturated heterocycles. The van der Waals surface area contributed by atoms with Crippen LogP contribution in [0.1, 0.15) is 33.1 Å². The van der Waals surface area contributed by atoms with Gasteiger partial charge in [-0.2, -0.15) is 0 Å². The number of alkyl halides is 4. The second-order valence-electron chi connectivity index (χ2n) is 4.63. The van der Waals surface area contributed by atoms with E-state index < -0.39 is 0 Å². The summed E-state index contributed by atoms with van der Waals surface area (Å²) in [6.07, 6.45) is 3.76. The Labute approximate surface area is 120 Å². The third kappa shape index (κ3) is 3.21. The minimum atomic E-state index is 0.239. The van der Waals surface area contributed by atoms with Crippen LogP contribution >= 0.6 is 63.7 Å². The Kier molecular flexibility index (Phi) is 5.05. The Morgan fingerprint density at radius 2 is 2.07 bits per heavy atom. The summed E-state index contributed by atoms with van der Waals surface area (Å²) in [5.74, 6) is 0.747. The van der Waals surface area contributed by atoms with Gasteiger partial charge in [-0.25, -0.2) is 0 Å². The summed E-state index contributed by atoms with van der Waals surface area (Å²) in [6, 6.07) is 0. The van der Waals surface area contributed by atoms with Crippen molar-refractivity contribution in [3.05, 3.63) is 0 Å². The predicted molar refractivity (Wildman–Crippen MR) is 78.5 cm³/mol. The predicted octanol–water partition coefficient (Wildman–Crippen LogP) is 5.25. The minimum Gasteiger partial charge on any atom is -0.0913 e. The van der Waals surface area contributed by atoms with Gasteiger partial charge in [0.25, 0.3) is 0 Å². The molecule has 4 atom stereocenters. The van der Waals surface area contributed by atoms with Gasteiger partial charge in [0.05, 0.1) is 0 Å². The first-order valence-electron chi connectivity index (χ1n) is 4.87. The molecule has 1 saturated carbocycles. The van der Waals surface area contributed by atoms with Gasteiger partial charge in [-0.3, -0.25) is 0 Å². The van der Waals surface area contributed by atoms with Crippen LogP contribution in [-0.2, 0) is 0 Å². The summed E-state index contributed by atoms with van der Waals surface area (Å²) < 4.78 is 0.515. The van der Waals surface area contributed by atoms with Crippen molar-refractivity contribution in [2.24, 2.45) is 5.92 Å². The van der Waals surface area contributed by atoms with Crippen molar-refractivity contribution in [1.29, 1.82) is 0 Å². The molecule has 1 fully saturated rings. The van der Waals surface area contributed by atoms with Crippen molar-refractivity contribution in [2.75, 3.05) is 5.33 Å². The quantitative estimate of drug-likeness (QED) is 0.499. The molecule has 14 heavy (non-hydrogen) atoms. The summed E-state index contributed by atoms with van der Waals surface area (Å²) in [4.78, 5) is 0.574. The molecule has 0 heterocycles. The zero-order valence-electron chi connectivity index (χ0n) is 8.49. The average Bonchev–Trinajstić information content (AvgIpc) is 2.09. The van der Waals surface area contributed by atoms with Gasteiger partial charge in [-0.15, -0.1) is 0 Å². The summed E-state index contributed by atoms with van der Waals surface area (Å²) in [5, 5.41) is 1.02. The Balaban J connectivity index is 2.63. The van der Waals surface area contributed by atoms with E-state index in [2.05, 4.69) is 77.6 Å². The summed E-state index contributed by atoms with van der Waals surface area (Å²) in [6.45, 7) is 4.56. The van der Waals surface area contributed by atoms with Crippen LogP contribution < -0.4 is 0 Å². The highest BCUT2D eigenvalue weighted by Crippen LogP contribution is 2.47. The normalized spacial score (nSPS) is 43.3. The van der Waals surface area contributed by atoms with Gasteiger partial charge in [0, 0.05) is 18.8 Å². The van der Waals surface area contributed by atoms with Crippen LogP contribution in [0.25, 0.3) is 0 Å². The Bertz CT molecular complexity index is 200. The molecule has 0 bridgehead atoms. The topological polar surface area (TPSA) is 0 Å². The Morgan fingerprint density at radius 1 is 1.50 bits per heavy atom.